The molecule has 132 valence electrons. The zero-order valence-electron chi connectivity index (χ0n) is 14.6. The fourth-order valence-electron chi connectivity index (χ4n) is 2.89. The molecule has 0 saturated heterocycles. The molecule has 1 aromatic heterocycles. The molecule has 0 unspecified atom stereocenters. The number of hydrogen-bond donors (Lipinski definition) is 0. The molecule has 0 radical (unpaired) electrons. The third-order valence-corrected chi connectivity index (χ3v) is 5.28. The molecular weight excluding hydrogens is 338 g/mol. The van der Waals surface area contributed by atoms with Crippen LogP contribution in [0.3, 0.4) is 0 Å². The van der Waals surface area contributed by atoms with Crippen LogP contribution in [0.5, 0.6) is 17.2 Å². The average Bonchev–Trinajstić information content (AvgIpc) is 3.12. The van der Waals surface area contributed by atoms with Gasteiger partial charge in [-0.1, -0.05) is 0 Å². The Morgan fingerprint density at radius 2 is 1.84 bits per heavy atom. The highest BCUT2D eigenvalue weighted by molar-refractivity contribution is 7.10. The van der Waals surface area contributed by atoms with Crippen molar-refractivity contribution in [2.75, 3.05) is 27.9 Å². The lowest BCUT2D eigenvalue weighted by Gasteiger charge is -2.25. The highest BCUT2D eigenvalue weighted by atomic mass is 32.1. The molecule has 6 heteroatoms. The van der Waals surface area contributed by atoms with E-state index in [1.165, 1.54) is 10.4 Å². The van der Waals surface area contributed by atoms with E-state index in [1.54, 1.807) is 57.0 Å². The summed E-state index contributed by atoms with van der Waals surface area (Å²) in [7, 11) is 4.74. The standard InChI is InChI=1S/C19H21NO4S/c1-22-15-11-17(24-3)16(23-2)10-13(15)4-5-19(21)20-8-6-18-14(12-20)7-9-25-18/h4-5,7,9-11H,6,8,12H2,1-3H3. The van der Waals surface area contributed by atoms with Gasteiger partial charge in [-0.05, 0) is 35.6 Å². The van der Waals surface area contributed by atoms with Crippen molar-refractivity contribution in [1.29, 1.82) is 0 Å². The van der Waals surface area contributed by atoms with E-state index in [4.69, 9.17) is 14.2 Å². The summed E-state index contributed by atoms with van der Waals surface area (Å²) >= 11 is 1.76. The summed E-state index contributed by atoms with van der Waals surface area (Å²) in [5.74, 6) is 1.80. The number of hydrogen-bond acceptors (Lipinski definition) is 5. The van der Waals surface area contributed by atoms with Crippen LogP contribution in [0.15, 0.2) is 29.7 Å². The number of amides is 1. The molecule has 5 nitrogen and oxygen atoms in total. The van der Waals surface area contributed by atoms with Crippen LogP contribution in [0.1, 0.15) is 16.0 Å². The number of nitrogens with zero attached hydrogens (tertiary/aromatic N) is 1. The van der Waals surface area contributed by atoms with Crippen molar-refractivity contribution in [3.63, 3.8) is 0 Å². The van der Waals surface area contributed by atoms with Crippen molar-refractivity contribution in [2.24, 2.45) is 0 Å². The molecule has 1 aromatic carbocycles. The zero-order valence-corrected chi connectivity index (χ0v) is 15.4. The molecular formula is C19H21NO4S. The minimum atomic E-state index is -0.00584. The lowest BCUT2D eigenvalue weighted by atomic mass is 10.1. The summed E-state index contributed by atoms with van der Waals surface area (Å²) in [4.78, 5) is 15.8. The highest BCUT2D eigenvalue weighted by Crippen LogP contribution is 2.35. The van der Waals surface area contributed by atoms with Gasteiger partial charge in [0.15, 0.2) is 11.5 Å². The zero-order chi connectivity index (χ0) is 17.8. The summed E-state index contributed by atoms with van der Waals surface area (Å²) in [5.41, 5.74) is 2.02. The Hall–Kier alpha value is -2.47. The largest absolute Gasteiger partial charge is 0.496 e. The minimum absolute atomic E-state index is 0.00584. The lowest BCUT2D eigenvalue weighted by Crippen LogP contribution is -2.34. The Bertz CT molecular complexity index is 797. The molecule has 2 aromatic rings. The van der Waals surface area contributed by atoms with Gasteiger partial charge in [-0.2, -0.15) is 0 Å². The van der Waals surface area contributed by atoms with Crippen LogP contribution in [0, 0.1) is 0 Å². The van der Waals surface area contributed by atoms with Gasteiger partial charge >= 0.3 is 0 Å². The Morgan fingerprint density at radius 3 is 2.56 bits per heavy atom. The monoisotopic (exact) mass is 359 g/mol. The predicted molar refractivity (Wildman–Crippen MR) is 98.6 cm³/mol. The molecule has 1 aliphatic rings. The Balaban J connectivity index is 1.78. The minimum Gasteiger partial charge on any atom is -0.496 e. The molecule has 0 aliphatic carbocycles. The van der Waals surface area contributed by atoms with Gasteiger partial charge in [0.2, 0.25) is 5.91 Å². The van der Waals surface area contributed by atoms with E-state index >= 15 is 0 Å². The SMILES string of the molecule is COc1cc(OC)c(OC)cc1C=CC(=O)N1CCc2sccc2C1. The molecule has 2 heterocycles. The maximum Gasteiger partial charge on any atom is 0.246 e. The maximum absolute atomic E-state index is 12.5. The summed E-state index contributed by atoms with van der Waals surface area (Å²) in [6.07, 6.45) is 4.26. The van der Waals surface area contributed by atoms with Crippen LogP contribution in [-0.2, 0) is 17.8 Å². The second-order valence-corrected chi connectivity index (χ2v) is 6.66. The van der Waals surface area contributed by atoms with Gasteiger partial charge in [0.25, 0.3) is 0 Å². The number of ether oxygens (including phenoxy) is 3. The van der Waals surface area contributed by atoms with E-state index in [0.717, 1.165) is 18.5 Å². The van der Waals surface area contributed by atoms with E-state index < -0.39 is 0 Å². The smallest absolute Gasteiger partial charge is 0.246 e. The van der Waals surface area contributed by atoms with Crippen molar-refractivity contribution in [3.8, 4) is 17.2 Å². The van der Waals surface area contributed by atoms with Gasteiger partial charge in [-0.25, -0.2) is 0 Å². The predicted octanol–water partition coefficient (Wildman–Crippen LogP) is 3.37. The first kappa shape index (κ1) is 17.4. The van der Waals surface area contributed by atoms with Crippen LogP contribution in [-0.4, -0.2) is 38.7 Å². The van der Waals surface area contributed by atoms with Crippen LogP contribution < -0.4 is 14.2 Å². The van der Waals surface area contributed by atoms with Gasteiger partial charge in [0.05, 0.1) is 21.3 Å². The third-order valence-electron chi connectivity index (χ3n) is 4.26. The van der Waals surface area contributed by atoms with Crippen molar-refractivity contribution in [1.82, 2.24) is 4.90 Å². The Kier molecular flexibility index (Phi) is 5.28. The van der Waals surface area contributed by atoms with Gasteiger partial charge in [-0.15, -0.1) is 11.3 Å². The van der Waals surface area contributed by atoms with Gasteiger partial charge in [0, 0.05) is 35.7 Å². The molecule has 0 bridgehead atoms. The van der Waals surface area contributed by atoms with Crippen molar-refractivity contribution >= 4 is 23.3 Å². The number of methoxy groups -OCH3 is 3. The average molecular weight is 359 g/mol. The first-order valence-electron chi connectivity index (χ1n) is 7.98. The highest BCUT2D eigenvalue weighted by Gasteiger charge is 2.20. The van der Waals surface area contributed by atoms with Crippen molar-refractivity contribution in [2.45, 2.75) is 13.0 Å². The second kappa shape index (κ2) is 7.61. The maximum atomic E-state index is 12.5. The number of benzene rings is 1. The van der Waals surface area contributed by atoms with Gasteiger partial charge in [0.1, 0.15) is 5.75 Å². The molecule has 0 fully saturated rings. The van der Waals surface area contributed by atoms with E-state index in [1.807, 2.05) is 4.90 Å². The molecule has 0 saturated carbocycles. The summed E-state index contributed by atoms with van der Waals surface area (Å²) in [6.45, 7) is 1.42. The summed E-state index contributed by atoms with van der Waals surface area (Å²) in [6, 6.07) is 5.65. The lowest BCUT2D eigenvalue weighted by molar-refractivity contribution is -0.126. The molecule has 3 rings (SSSR count). The third kappa shape index (κ3) is 3.64. The number of thiophene rings is 1. The molecule has 0 atom stereocenters. The number of rotatable bonds is 5. The van der Waals surface area contributed by atoms with Gasteiger partial charge < -0.3 is 19.1 Å². The quantitative estimate of drug-likeness (QED) is 0.768. The summed E-state index contributed by atoms with van der Waals surface area (Å²) in [5, 5.41) is 2.09. The fourth-order valence-corrected chi connectivity index (χ4v) is 3.78. The van der Waals surface area contributed by atoms with E-state index in [-0.39, 0.29) is 5.91 Å². The first-order valence-corrected chi connectivity index (χ1v) is 8.86. The van der Waals surface area contributed by atoms with Crippen LogP contribution in [0.4, 0.5) is 0 Å². The number of fused-ring (bicyclic) bond motifs is 1. The summed E-state index contributed by atoms with van der Waals surface area (Å²) < 4.78 is 16.0. The molecule has 0 spiro atoms. The molecule has 25 heavy (non-hydrogen) atoms. The Labute approximate surface area is 151 Å². The fraction of sp³-hybridized carbons (Fsp3) is 0.316. The van der Waals surface area contributed by atoms with Crippen LogP contribution in [0.25, 0.3) is 6.08 Å². The normalized spacial score (nSPS) is 13.6. The van der Waals surface area contributed by atoms with Crippen molar-refractivity contribution in [3.05, 3.63) is 45.7 Å². The van der Waals surface area contributed by atoms with Crippen LogP contribution in [0.2, 0.25) is 0 Å². The number of carbonyl (C=O) groups is 1. The molecule has 1 amide bonds. The van der Waals surface area contributed by atoms with Gasteiger partial charge in [-0.3, -0.25) is 4.79 Å². The van der Waals surface area contributed by atoms with E-state index in [2.05, 4.69) is 11.4 Å². The van der Waals surface area contributed by atoms with E-state index in [0.29, 0.717) is 23.8 Å². The van der Waals surface area contributed by atoms with Crippen LogP contribution >= 0.6 is 11.3 Å². The second-order valence-electron chi connectivity index (χ2n) is 5.66. The molecule has 0 N–H and O–H groups in total. The first-order chi connectivity index (χ1) is 12.2. The van der Waals surface area contributed by atoms with Crippen molar-refractivity contribution < 1.29 is 19.0 Å². The number of carbonyl (C=O) groups excluding carboxylic acids is 1. The molecule has 1 aliphatic heterocycles. The van der Waals surface area contributed by atoms with E-state index in [9.17, 15) is 4.79 Å². The Morgan fingerprint density at radius 1 is 1.12 bits per heavy atom. The topological polar surface area (TPSA) is 48.0 Å².